The van der Waals surface area contributed by atoms with Crippen molar-refractivity contribution in [1.82, 2.24) is 10.0 Å². The number of amides is 1. The van der Waals surface area contributed by atoms with E-state index in [2.05, 4.69) is 25.7 Å². The Kier molecular flexibility index (Phi) is 6.57. The number of rotatable bonds is 7. The summed E-state index contributed by atoms with van der Waals surface area (Å²) in [5.41, 5.74) is 2.13. The first-order chi connectivity index (χ1) is 16.3. The maximum Gasteiger partial charge on any atom is 0.322 e. The van der Waals surface area contributed by atoms with Gasteiger partial charge in [0.15, 0.2) is 0 Å². The number of sulfonamides is 1. The van der Waals surface area contributed by atoms with E-state index in [1.165, 1.54) is 24.3 Å². The van der Waals surface area contributed by atoms with Gasteiger partial charge in [-0.1, -0.05) is 30.3 Å². The second-order valence-corrected chi connectivity index (χ2v) is 9.02. The highest BCUT2D eigenvalue weighted by Gasteiger charge is 2.28. The number of nitrogens with zero attached hydrogens (tertiary/aromatic N) is 1. The maximum absolute atomic E-state index is 12.9. The Morgan fingerprint density at radius 1 is 0.941 bits per heavy atom. The van der Waals surface area contributed by atoms with Crippen molar-refractivity contribution in [3.8, 4) is 0 Å². The molecule has 0 saturated heterocycles. The SMILES string of the molecule is O=C(O)CNC(=O)c1ccc(NC2=Nc3ccccc3NC2NS(=O)(=O)c2ccccc2)cc1. The first kappa shape index (κ1) is 23.0. The average molecular weight is 480 g/mol. The van der Waals surface area contributed by atoms with Crippen molar-refractivity contribution in [2.45, 2.75) is 11.1 Å². The number of benzene rings is 3. The highest BCUT2D eigenvalue weighted by molar-refractivity contribution is 7.89. The van der Waals surface area contributed by atoms with Crippen LogP contribution in [0, 0.1) is 0 Å². The summed E-state index contributed by atoms with van der Waals surface area (Å²) in [7, 11) is -3.85. The molecule has 1 atom stereocenters. The summed E-state index contributed by atoms with van der Waals surface area (Å²) in [5.74, 6) is -1.35. The van der Waals surface area contributed by atoms with Crippen molar-refractivity contribution < 1.29 is 23.1 Å². The molecule has 1 aliphatic rings. The van der Waals surface area contributed by atoms with Crippen LogP contribution in [0.1, 0.15) is 10.4 Å². The van der Waals surface area contributed by atoms with Gasteiger partial charge in [-0.15, -0.1) is 0 Å². The van der Waals surface area contributed by atoms with Crippen LogP contribution in [0.25, 0.3) is 0 Å². The monoisotopic (exact) mass is 479 g/mol. The molecule has 1 unspecified atom stereocenters. The predicted octanol–water partition coefficient (Wildman–Crippen LogP) is 2.37. The zero-order valence-corrected chi connectivity index (χ0v) is 18.5. The third-order valence-corrected chi connectivity index (χ3v) is 6.30. The molecule has 0 saturated carbocycles. The molecule has 0 aliphatic carbocycles. The molecule has 174 valence electrons. The fourth-order valence-electron chi connectivity index (χ4n) is 3.23. The molecule has 11 heteroatoms. The summed E-state index contributed by atoms with van der Waals surface area (Å²) < 4.78 is 28.5. The summed E-state index contributed by atoms with van der Waals surface area (Å²) in [6, 6.07) is 21.5. The van der Waals surface area contributed by atoms with Gasteiger partial charge in [-0.05, 0) is 48.5 Å². The van der Waals surface area contributed by atoms with Crippen molar-refractivity contribution in [3.63, 3.8) is 0 Å². The smallest absolute Gasteiger partial charge is 0.322 e. The molecule has 0 aromatic heterocycles. The van der Waals surface area contributed by atoms with Crippen molar-refractivity contribution >= 4 is 44.8 Å². The minimum Gasteiger partial charge on any atom is -0.480 e. The molecule has 0 bridgehead atoms. The number of amidine groups is 1. The lowest BCUT2D eigenvalue weighted by Gasteiger charge is -2.28. The number of aliphatic imine (C=N–C) groups is 1. The predicted molar refractivity (Wildman–Crippen MR) is 128 cm³/mol. The number of anilines is 2. The number of hydrogen-bond acceptors (Lipinski definition) is 7. The summed E-state index contributed by atoms with van der Waals surface area (Å²) in [6.45, 7) is -0.482. The Morgan fingerprint density at radius 2 is 1.62 bits per heavy atom. The number of carboxylic acid groups (broad SMARTS) is 1. The van der Waals surface area contributed by atoms with E-state index in [4.69, 9.17) is 5.11 Å². The van der Waals surface area contributed by atoms with Crippen LogP contribution in [0.4, 0.5) is 17.1 Å². The van der Waals surface area contributed by atoms with E-state index >= 15 is 0 Å². The van der Waals surface area contributed by atoms with Gasteiger partial charge in [0.2, 0.25) is 10.0 Å². The second-order valence-electron chi connectivity index (χ2n) is 7.30. The van der Waals surface area contributed by atoms with E-state index < -0.39 is 34.6 Å². The summed E-state index contributed by atoms with van der Waals surface area (Å²) in [5, 5.41) is 17.2. The Labute approximate surface area is 195 Å². The molecule has 3 aromatic rings. The fraction of sp³-hybridized carbons (Fsp3) is 0.0870. The summed E-state index contributed by atoms with van der Waals surface area (Å²) >= 11 is 0. The number of hydrogen-bond donors (Lipinski definition) is 5. The molecule has 34 heavy (non-hydrogen) atoms. The lowest BCUT2D eigenvalue weighted by atomic mass is 10.2. The zero-order valence-electron chi connectivity index (χ0n) is 17.7. The number of nitrogens with one attached hydrogen (secondary N) is 4. The fourth-order valence-corrected chi connectivity index (χ4v) is 4.36. The van der Waals surface area contributed by atoms with Gasteiger partial charge in [-0.2, -0.15) is 4.72 Å². The van der Waals surface area contributed by atoms with E-state index in [9.17, 15) is 18.0 Å². The van der Waals surface area contributed by atoms with Crippen LogP contribution in [0.3, 0.4) is 0 Å². The average Bonchev–Trinajstić information content (AvgIpc) is 2.83. The quantitative estimate of drug-likeness (QED) is 0.349. The number of fused-ring (bicyclic) bond motifs is 1. The summed E-state index contributed by atoms with van der Waals surface area (Å²) in [4.78, 5) is 27.3. The van der Waals surface area contributed by atoms with Gasteiger partial charge >= 0.3 is 5.97 Å². The van der Waals surface area contributed by atoms with Crippen molar-refractivity contribution in [2.75, 3.05) is 17.2 Å². The minimum absolute atomic E-state index is 0.117. The first-order valence-corrected chi connectivity index (χ1v) is 11.7. The number of carboxylic acids is 1. The van der Waals surface area contributed by atoms with Crippen molar-refractivity contribution in [1.29, 1.82) is 0 Å². The van der Waals surface area contributed by atoms with Gasteiger partial charge in [0.05, 0.1) is 16.3 Å². The molecule has 0 spiro atoms. The normalized spacial score (nSPS) is 14.8. The van der Waals surface area contributed by atoms with Gasteiger partial charge < -0.3 is 21.1 Å². The standard InChI is InChI=1S/C23H21N5O5S/c29-20(30)14-24-23(31)15-10-12-16(13-11-15)25-21-22(27-19-9-5-4-8-18(19)26-21)28-34(32,33)17-6-2-1-3-7-17/h1-13,22,27-28H,14H2,(H,24,31)(H,25,26)(H,29,30). The molecule has 10 nitrogen and oxygen atoms in total. The van der Waals surface area contributed by atoms with Crippen LogP contribution in [0.5, 0.6) is 0 Å². The largest absolute Gasteiger partial charge is 0.480 e. The number of aliphatic carboxylic acids is 1. The molecule has 5 N–H and O–H groups in total. The van der Waals surface area contributed by atoms with Crippen LogP contribution in [0.2, 0.25) is 0 Å². The molecule has 1 aliphatic heterocycles. The number of para-hydroxylation sites is 2. The Hall–Kier alpha value is -4.22. The Balaban J connectivity index is 1.57. The Morgan fingerprint density at radius 3 is 2.32 bits per heavy atom. The van der Waals surface area contributed by atoms with Crippen LogP contribution in [0.15, 0.2) is 88.8 Å². The first-order valence-electron chi connectivity index (χ1n) is 10.2. The molecule has 3 aromatic carbocycles. The minimum atomic E-state index is -3.85. The van der Waals surface area contributed by atoms with E-state index in [1.54, 1.807) is 42.5 Å². The van der Waals surface area contributed by atoms with Gasteiger partial charge in [0.25, 0.3) is 5.91 Å². The van der Waals surface area contributed by atoms with E-state index in [0.29, 0.717) is 22.9 Å². The highest BCUT2D eigenvalue weighted by atomic mass is 32.2. The zero-order chi connectivity index (χ0) is 24.1. The Bertz CT molecular complexity index is 1340. The van der Waals surface area contributed by atoms with Gasteiger partial charge in [0, 0.05) is 11.3 Å². The topological polar surface area (TPSA) is 149 Å². The van der Waals surface area contributed by atoms with Gasteiger partial charge in [-0.3, -0.25) is 9.59 Å². The molecule has 1 amide bonds. The molecule has 1 heterocycles. The van der Waals surface area contributed by atoms with Gasteiger partial charge in [0.1, 0.15) is 18.5 Å². The number of carbonyl (C=O) groups is 2. The highest BCUT2D eigenvalue weighted by Crippen LogP contribution is 2.29. The lowest BCUT2D eigenvalue weighted by Crippen LogP contribution is -2.50. The summed E-state index contributed by atoms with van der Waals surface area (Å²) in [6.07, 6.45) is -0.890. The molecule has 4 rings (SSSR count). The maximum atomic E-state index is 12.9. The second kappa shape index (κ2) is 9.73. The molecular formula is C23H21N5O5S. The van der Waals surface area contributed by atoms with Crippen LogP contribution in [-0.2, 0) is 14.8 Å². The molecule has 0 fully saturated rings. The molecule has 0 radical (unpaired) electrons. The lowest BCUT2D eigenvalue weighted by molar-refractivity contribution is -0.135. The van der Waals surface area contributed by atoms with E-state index in [0.717, 1.165) is 0 Å². The third-order valence-electron chi connectivity index (χ3n) is 4.86. The van der Waals surface area contributed by atoms with Crippen LogP contribution < -0.4 is 20.7 Å². The van der Waals surface area contributed by atoms with Crippen molar-refractivity contribution in [2.24, 2.45) is 4.99 Å². The number of carbonyl (C=O) groups excluding carboxylic acids is 1. The van der Waals surface area contributed by atoms with Crippen molar-refractivity contribution in [3.05, 3.63) is 84.4 Å². The van der Waals surface area contributed by atoms with Crippen LogP contribution >= 0.6 is 0 Å². The van der Waals surface area contributed by atoms with Crippen LogP contribution in [-0.4, -0.2) is 43.9 Å². The third kappa shape index (κ3) is 5.39. The van der Waals surface area contributed by atoms with Gasteiger partial charge in [-0.25, -0.2) is 13.4 Å². The van der Waals surface area contributed by atoms with E-state index in [1.807, 2.05) is 12.1 Å². The van der Waals surface area contributed by atoms with E-state index in [-0.39, 0.29) is 10.5 Å². The molecular weight excluding hydrogens is 458 g/mol.